The Balaban J connectivity index is 2.20. The predicted molar refractivity (Wildman–Crippen MR) is 107 cm³/mol. The Hall–Kier alpha value is -4.35. The third-order valence-electron chi connectivity index (χ3n) is 4.85. The molecule has 1 aliphatic heterocycles. The molecule has 12 nitrogen and oxygen atoms in total. The zero-order valence-corrected chi connectivity index (χ0v) is 16.4. The van der Waals surface area contributed by atoms with E-state index in [1.165, 1.54) is 49.6 Å². The lowest BCUT2D eigenvalue weighted by Gasteiger charge is -2.40. The molecule has 160 valence electrons. The molecule has 0 amide bonds. The van der Waals surface area contributed by atoms with E-state index in [-0.39, 0.29) is 22.5 Å². The molecule has 0 aliphatic carbocycles. The summed E-state index contributed by atoms with van der Waals surface area (Å²) in [5.74, 6) is -0.757. The number of nitrogens with one attached hydrogen (secondary N) is 1. The number of allylic oxidation sites excluding steroid dienone is 1. The number of rotatable bonds is 6. The normalized spacial score (nSPS) is 18.2. The molecule has 31 heavy (non-hydrogen) atoms. The summed E-state index contributed by atoms with van der Waals surface area (Å²) < 4.78 is 4.84. The molecule has 1 N–H and O–H groups in total. The van der Waals surface area contributed by atoms with E-state index in [0.29, 0.717) is 11.3 Å². The van der Waals surface area contributed by atoms with Gasteiger partial charge in [-0.1, -0.05) is 24.3 Å². The fourth-order valence-electron chi connectivity index (χ4n) is 3.48. The Bertz CT molecular complexity index is 1100. The first kappa shape index (κ1) is 21.4. The lowest BCUT2D eigenvalue weighted by Crippen LogP contribution is -2.44. The smallest absolute Gasteiger partial charge is 0.338 e. The highest BCUT2D eigenvalue weighted by molar-refractivity contribution is 5.91. The number of nitroso groups, excluding NO2 is 1. The van der Waals surface area contributed by atoms with Gasteiger partial charge in [-0.05, 0) is 12.5 Å². The van der Waals surface area contributed by atoms with Gasteiger partial charge in [0.15, 0.2) is 0 Å². The molecule has 0 bridgehead atoms. The average molecular weight is 427 g/mol. The Kier molecular flexibility index (Phi) is 5.90. The Labute approximate surface area is 175 Å². The quantitative estimate of drug-likeness (QED) is 0.316. The summed E-state index contributed by atoms with van der Waals surface area (Å²) in [5.41, 5.74) is 0.523. The number of hydrogen-bond donors (Lipinski definition) is 1. The Morgan fingerprint density at radius 3 is 2.13 bits per heavy atom. The molecule has 0 saturated carbocycles. The minimum absolute atomic E-state index is 0.0317. The van der Waals surface area contributed by atoms with E-state index in [9.17, 15) is 29.9 Å². The van der Waals surface area contributed by atoms with E-state index in [1.807, 2.05) is 0 Å². The fourth-order valence-corrected chi connectivity index (χ4v) is 3.48. The topological polar surface area (TPSA) is 157 Å². The molecule has 0 aromatic heterocycles. The van der Waals surface area contributed by atoms with Crippen LogP contribution in [0.1, 0.15) is 30.3 Å². The molecule has 2 atom stereocenters. The van der Waals surface area contributed by atoms with Gasteiger partial charge in [-0.15, -0.1) is 4.91 Å². The molecule has 12 heteroatoms. The van der Waals surface area contributed by atoms with Crippen LogP contribution in [0.2, 0.25) is 0 Å². The monoisotopic (exact) mass is 427 g/mol. The number of nitro groups is 2. The molecule has 0 fully saturated rings. The number of ether oxygens (including phenoxy) is 1. The standard InChI is InChI=1S/C19H17N5O7/c1-11-16(19(25)31-2)17(12-5-3-7-14(9-12)23(27)28)22(21-26)18(20-11)13-6-4-8-15(10-13)24(29)30/h3-10,17-18,20H,1-2H3/t17-,18+/m0/s1. The highest BCUT2D eigenvalue weighted by atomic mass is 16.6. The minimum Gasteiger partial charge on any atom is -0.466 e. The van der Waals surface area contributed by atoms with Gasteiger partial charge in [0.25, 0.3) is 11.4 Å². The van der Waals surface area contributed by atoms with Gasteiger partial charge in [-0.2, -0.15) is 0 Å². The number of carbonyl (C=O) groups excluding carboxylic acids is 1. The summed E-state index contributed by atoms with van der Waals surface area (Å²) in [5, 5.41) is 29.4. The maximum atomic E-state index is 12.5. The second-order valence-electron chi connectivity index (χ2n) is 6.65. The van der Waals surface area contributed by atoms with Crippen molar-refractivity contribution < 1.29 is 19.4 Å². The zero-order chi connectivity index (χ0) is 22.7. The van der Waals surface area contributed by atoms with Crippen LogP contribution >= 0.6 is 0 Å². The van der Waals surface area contributed by atoms with Crippen molar-refractivity contribution in [1.82, 2.24) is 10.3 Å². The van der Waals surface area contributed by atoms with Crippen molar-refractivity contribution in [2.75, 3.05) is 7.11 Å². The number of esters is 1. The van der Waals surface area contributed by atoms with Crippen LogP contribution in [0, 0.1) is 25.1 Å². The van der Waals surface area contributed by atoms with E-state index in [1.54, 1.807) is 13.0 Å². The van der Waals surface area contributed by atoms with Gasteiger partial charge in [0.05, 0.1) is 27.8 Å². The van der Waals surface area contributed by atoms with Crippen molar-refractivity contribution in [1.29, 1.82) is 0 Å². The molecule has 2 aromatic carbocycles. The number of nitro benzene ring substituents is 2. The van der Waals surface area contributed by atoms with Crippen molar-refractivity contribution in [3.05, 3.63) is 96.1 Å². The molecule has 3 rings (SSSR count). The summed E-state index contributed by atoms with van der Waals surface area (Å²) in [6, 6.07) is 9.90. The van der Waals surface area contributed by atoms with Crippen LogP contribution in [-0.2, 0) is 9.53 Å². The molecule has 2 aromatic rings. The summed E-state index contributed by atoms with van der Waals surface area (Å²) in [6.45, 7) is 1.57. The third kappa shape index (κ3) is 4.03. The van der Waals surface area contributed by atoms with E-state index in [4.69, 9.17) is 4.74 Å². The first-order chi connectivity index (χ1) is 14.8. The molecular weight excluding hydrogens is 410 g/mol. The van der Waals surface area contributed by atoms with Crippen molar-refractivity contribution in [3.8, 4) is 0 Å². The molecular formula is C19H17N5O7. The molecule has 0 radical (unpaired) electrons. The SMILES string of the molecule is COC(=O)C1=C(C)N[C@@H](c2cccc([N+](=O)[O-])c2)N(N=O)[C@H]1c1cccc([N+](=O)[O-])c1. The maximum absolute atomic E-state index is 12.5. The highest BCUT2D eigenvalue weighted by Crippen LogP contribution is 2.41. The highest BCUT2D eigenvalue weighted by Gasteiger charge is 2.41. The van der Waals surface area contributed by atoms with Gasteiger partial charge < -0.3 is 10.1 Å². The number of nitrogens with zero attached hydrogens (tertiary/aromatic N) is 4. The number of benzene rings is 2. The lowest BCUT2D eigenvalue weighted by molar-refractivity contribution is -0.385. The maximum Gasteiger partial charge on any atom is 0.338 e. The van der Waals surface area contributed by atoms with Gasteiger partial charge in [-0.25, -0.2) is 9.80 Å². The fraction of sp³-hybridized carbons (Fsp3) is 0.211. The molecule has 1 heterocycles. The van der Waals surface area contributed by atoms with Crippen LogP contribution in [0.15, 0.2) is 65.1 Å². The second-order valence-corrected chi connectivity index (χ2v) is 6.65. The van der Waals surface area contributed by atoms with Gasteiger partial charge in [0.1, 0.15) is 12.2 Å². The van der Waals surface area contributed by atoms with Crippen molar-refractivity contribution >= 4 is 17.3 Å². The zero-order valence-electron chi connectivity index (χ0n) is 16.4. The second kappa shape index (κ2) is 8.57. The van der Waals surface area contributed by atoms with E-state index >= 15 is 0 Å². The van der Waals surface area contributed by atoms with E-state index < -0.39 is 28.0 Å². The Morgan fingerprint density at radius 1 is 1.06 bits per heavy atom. The van der Waals surface area contributed by atoms with Crippen LogP contribution in [0.5, 0.6) is 0 Å². The van der Waals surface area contributed by atoms with Crippen LogP contribution in [0.4, 0.5) is 11.4 Å². The van der Waals surface area contributed by atoms with Gasteiger partial charge in [0.2, 0.25) is 0 Å². The van der Waals surface area contributed by atoms with Gasteiger partial charge >= 0.3 is 5.97 Å². The minimum atomic E-state index is -1.13. The third-order valence-corrected chi connectivity index (χ3v) is 4.85. The number of methoxy groups -OCH3 is 1. The van der Waals surface area contributed by atoms with Gasteiger partial charge in [0, 0.05) is 35.5 Å². The van der Waals surface area contributed by atoms with Crippen LogP contribution < -0.4 is 5.32 Å². The summed E-state index contributed by atoms with van der Waals surface area (Å²) in [7, 11) is 1.17. The molecule has 1 aliphatic rings. The lowest BCUT2D eigenvalue weighted by atomic mass is 9.92. The van der Waals surface area contributed by atoms with Crippen molar-refractivity contribution in [2.45, 2.75) is 19.1 Å². The van der Waals surface area contributed by atoms with Crippen molar-refractivity contribution in [2.24, 2.45) is 5.29 Å². The van der Waals surface area contributed by atoms with E-state index in [0.717, 1.165) is 5.01 Å². The molecule has 0 saturated heterocycles. The summed E-state index contributed by atoms with van der Waals surface area (Å²) in [4.78, 5) is 45.7. The van der Waals surface area contributed by atoms with Crippen LogP contribution in [0.3, 0.4) is 0 Å². The predicted octanol–water partition coefficient (Wildman–Crippen LogP) is 3.28. The summed E-state index contributed by atoms with van der Waals surface area (Å²) >= 11 is 0. The number of non-ortho nitro benzene ring substituents is 2. The van der Waals surface area contributed by atoms with Crippen LogP contribution in [0.25, 0.3) is 0 Å². The number of carbonyl (C=O) groups is 1. The van der Waals surface area contributed by atoms with Gasteiger partial charge in [-0.3, -0.25) is 20.2 Å². The first-order valence-corrected chi connectivity index (χ1v) is 8.94. The summed E-state index contributed by atoms with van der Waals surface area (Å²) in [6.07, 6.45) is -0.977. The van der Waals surface area contributed by atoms with Crippen molar-refractivity contribution in [3.63, 3.8) is 0 Å². The van der Waals surface area contributed by atoms with Crippen LogP contribution in [-0.4, -0.2) is 27.9 Å². The number of hydrogen-bond acceptors (Lipinski definition) is 9. The largest absolute Gasteiger partial charge is 0.466 e. The first-order valence-electron chi connectivity index (χ1n) is 8.94. The molecule has 0 spiro atoms. The Morgan fingerprint density at radius 2 is 1.61 bits per heavy atom. The molecule has 0 unspecified atom stereocenters. The van der Waals surface area contributed by atoms with E-state index in [2.05, 4.69) is 10.6 Å². The average Bonchev–Trinajstić information content (AvgIpc) is 2.77.